The van der Waals surface area contributed by atoms with Crippen LogP contribution in [0.1, 0.15) is 21.0 Å². The summed E-state index contributed by atoms with van der Waals surface area (Å²) in [6, 6.07) is 6.96. The lowest BCUT2D eigenvalue weighted by molar-refractivity contribution is -0.386. The van der Waals surface area contributed by atoms with Gasteiger partial charge < -0.3 is 23.7 Å². The first-order valence-electron chi connectivity index (χ1n) is 10.5. The Kier molecular flexibility index (Phi) is 9.44. The highest BCUT2D eigenvalue weighted by Gasteiger charge is 2.33. The Bertz CT molecular complexity index is 1180. The standard InChI is InChI=1S/C22H27NO10S3/c1-28-16-11-14(8-15(23(24)25)20(16)32-6-7-33-36(5,26)27)22-34-12-19(35-22)13-9-17(29-2)21(31-4)18(10-13)30-3/h8-11,19,22H,6-7,12H2,1-5H3/t19-,22+/m1/s1. The number of benzene rings is 2. The third-order valence-corrected chi connectivity index (χ3v) is 9.05. The molecule has 0 bridgehead atoms. The van der Waals surface area contributed by atoms with Gasteiger partial charge in [-0.15, -0.1) is 23.5 Å². The van der Waals surface area contributed by atoms with E-state index in [4.69, 9.17) is 23.7 Å². The van der Waals surface area contributed by atoms with Crippen LogP contribution in [0.2, 0.25) is 0 Å². The molecule has 1 saturated heterocycles. The molecule has 0 spiro atoms. The second kappa shape index (κ2) is 12.1. The number of nitro groups is 1. The molecule has 0 unspecified atom stereocenters. The summed E-state index contributed by atoms with van der Waals surface area (Å²) in [5.41, 5.74) is 1.40. The molecule has 0 aliphatic carbocycles. The van der Waals surface area contributed by atoms with Crippen LogP contribution in [0.3, 0.4) is 0 Å². The number of nitrogens with zero attached hydrogens (tertiary/aromatic N) is 1. The normalized spacial score (nSPS) is 17.5. The third kappa shape index (κ3) is 6.60. The molecule has 36 heavy (non-hydrogen) atoms. The van der Waals surface area contributed by atoms with Gasteiger partial charge in [0.05, 0.1) is 44.2 Å². The monoisotopic (exact) mass is 561 g/mol. The van der Waals surface area contributed by atoms with E-state index in [1.54, 1.807) is 50.9 Å². The van der Waals surface area contributed by atoms with Crippen LogP contribution in [0, 0.1) is 10.1 Å². The van der Waals surface area contributed by atoms with Crippen molar-refractivity contribution in [3.63, 3.8) is 0 Å². The second-order valence-electron chi connectivity index (χ2n) is 7.45. The molecule has 14 heteroatoms. The Labute approximate surface area is 218 Å². The summed E-state index contributed by atoms with van der Waals surface area (Å²) in [4.78, 5) is 11.3. The molecule has 1 aliphatic rings. The molecule has 1 aliphatic heterocycles. The van der Waals surface area contributed by atoms with Gasteiger partial charge in [-0.1, -0.05) is 0 Å². The Balaban J connectivity index is 1.85. The van der Waals surface area contributed by atoms with Crippen LogP contribution < -0.4 is 23.7 Å². The summed E-state index contributed by atoms with van der Waals surface area (Å²) in [6.45, 7) is -0.495. The summed E-state index contributed by atoms with van der Waals surface area (Å²) in [6.07, 6.45) is 0.910. The molecule has 0 N–H and O–H groups in total. The first kappa shape index (κ1) is 28.0. The Morgan fingerprint density at radius 3 is 2.03 bits per heavy atom. The highest BCUT2D eigenvalue weighted by atomic mass is 32.2. The van der Waals surface area contributed by atoms with E-state index >= 15 is 0 Å². The Morgan fingerprint density at radius 2 is 1.50 bits per heavy atom. The molecular formula is C22H27NO10S3. The first-order chi connectivity index (χ1) is 17.1. The van der Waals surface area contributed by atoms with Crippen LogP contribution in [0.4, 0.5) is 5.69 Å². The van der Waals surface area contributed by atoms with Crippen LogP contribution in [0.25, 0.3) is 0 Å². The fraction of sp³-hybridized carbons (Fsp3) is 0.455. The summed E-state index contributed by atoms with van der Waals surface area (Å²) in [5, 5.41) is 11.9. The van der Waals surface area contributed by atoms with E-state index in [1.807, 2.05) is 12.1 Å². The average Bonchev–Trinajstić information content (AvgIpc) is 3.35. The Morgan fingerprint density at radius 1 is 0.917 bits per heavy atom. The van der Waals surface area contributed by atoms with Crippen molar-refractivity contribution in [2.45, 2.75) is 9.83 Å². The number of hydrogen-bond acceptors (Lipinski definition) is 12. The smallest absolute Gasteiger partial charge is 0.315 e. The molecule has 2 aromatic rings. The van der Waals surface area contributed by atoms with Crippen LogP contribution in [-0.2, 0) is 14.3 Å². The van der Waals surface area contributed by atoms with Crippen molar-refractivity contribution in [1.29, 1.82) is 0 Å². The van der Waals surface area contributed by atoms with Crippen molar-refractivity contribution in [3.05, 3.63) is 45.5 Å². The van der Waals surface area contributed by atoms with Crippen LogP contribution in [0.5, 0.6) is 28.7 Å². The molecular weight excluding hydrogens is 534 g/mol. The van der Waals surface area contributed by atoms with Crippen molar-refractivity contribution < 1.29 is 41.2 Å². The molecule has 1 fully saturated rings. The number of ether oxygens (including phenoxy) is 5. The summed E-state index contributed by atoms with van der Waals surface area (Å²) in [5.74, 6) is 2.46. The van der Waals surface area contributed by atoms with Gasteiger partial charge in [0.15, 0.2) is 17.2 Å². The van der Waals surface area contributed by atoms with Gasteiger partial charge in [0.2, 0.25) is 11.5 Å². The maximum absolute atomic E-state index is 11.8. The summed E-state index contributed by atoms with van der Waals surface area (Å²) in [7, 11) is 2.39. The molecule has 2 aromatic carbocycles. The number of methoxy groups -OCH3 is 4. The Hall–Kier alpha value is -2.55. The zero-order chi connectivity index (χ0) is 26.5. The average molecular weight is 562 g/mol. The zero-order valence-corrected chi connectivity index (χ0v) is 22.8. The van der Waals surface area contributed by atoms with Crippen molar-refractivity contribution >= 4 is 39.3 Å². The topological polar surface area (TPSA) is 133 Å². The predicted molar refractivity (Wildman–Crippen MR) is 138 cm³/mol. The molecule has 2 atom stereocenters. The van der Waals surface area contributed by atoms with E-state index in [-0.39, 0.29) is 40.2 Å². The van der Waals surface area contributed by atoms with Crippen LogP contribution in [0.15, 0.2) is 24.3 Å². The minimum atomic E-state index is -3.65. The predicted octanol–water partition coefficient (Wildman–Crippen LogP) is 4.20. The molecule has 0 radical (unpaired) electrons. The highest BCUT2D eigenvalue weighted by Crippen LogP contribution is 2.58. The first-order valence-corrected chi connectivity index (χ1v) is 14.3. The zero-order valence-electron chi connectivity index (χ0n) is 20.3. The van der Waals surface area contributed by atoms with E-state index in [9.17, 15) is 18.5 Å². The third-order valence-electron chi connectivity index (χ3n) is 5.12. The van der Waals surface area contributed by atoms with E-state index in [1.165, 1.54) is 13.2 Å². The maximum atomic E-state index is 11.8. The summed E-state index contributed by atoms with van der Waals surface area (Å²) < 4.78 is 54.0. The number of hydrogen-bond donors (Lipinski definition) is 0. The van der Waals surface area contributed by atoms with Gasteiger partial charge in [0, 0.05) is 17.1 Å². The minimum Gasteiger partial charge on any atom is -0.493 e. The summed E-state index contributed by atoms with van der Waals surface area (Å²) >= 11 is 3.29. The second-order valence-corrected chi connectivity index (χ2v) is 11.8. The van der Waals surface area contributed by atoms with E-state index in [2.05, 4.69) is 4.18 Å². The van der Waals surface area contributed by atoms with Crippen molar-refractivity contribution in [2.75, 3.05) is 53.7 Å². The number of rotatable bonds is 12. The van der Waals surface area contributed by atoms with Gasteiger partial charge in [-0.05, 0) is 29.3 Å². The largest absolute Gasteiger partial charge is 0.493 e. The lowest BCUT2D eigenvalue weighted by atomic mass is 10.1. The van der Waals surface area contributed by atoms with Crippen molar-refractivity contribution in [1.82, 2.24) is 0 Å². The van der Waals surface area contributed by atoms with Gasteiger partial charge in [-0.2, -0.15) is 8.42 Å². The van der Waals surface area contributed by atoms with Gasteiger partial charge in [-0.3, -0.25) is 14.3 Å². The SMILES string of the molecule is COc1cc([C@H]2CS[C@H](c3cc(OC)c(OCCOS(C)(=O)=O)c([N+](=O)[O-])c3)S2)cc(OC)c1OC. The molecule has 1 heterocycles. The highest BCUT2D eigenvalue weighted by molar-refractivity contribution is 8.19. The van der Waals surface area contributed by atoms with Gasteiger partial charge in [-0.25, -0.2) is 0 Å². The van der Waals surface area contributed by atoms with Crippen LogP contribution >= 0.6 is 23.5 Å². The van der Waals surface area contributed by atoms with E-state index in [0.29, 0.717) is 22.8 Å². The quantitative estimate of drug-likeness (QED) is 0.159. The van der Waals surface area contributed by atoms with Gasteiger partial charge in [0.25, 0.3) is 10.1 Å². The van der Waals surface area contributed by atoms with E-state index in [0.717, 1.165) is 17.6 Å². The molecule has 11 nitrogen and oxygen atoms in total. The molecule has 0 aromatic heterocycles. The van der Waals surface area contributed by atoms with Crippen molar-refractivity contribution in [3.8, 4) is 28.7 Å². The molecule has 0 saturated carbocycles. The van der Waals surface area contributed by atoms with Gasteiger partial charge in [0.1, 0.15) is 13.2 Å². The molecule has 3 rings (SSSR count). The fourth-order valence-corrected chi connectivity index (χ4v) is 7.17. The number of thioether (sulfide) groups is 2. The maximum Gasteiger partial charge on any atom is 0.315 e. The molecule has 198 valence electrons. The lowest BCUT2D eigenvalue weighted by Gasteiger charge is -2.17. The van der Waals surface area contributed by atoms with Gasteiger partial charge >= 0.3 is 5.69 Å². The lowest BCUT2D eigenvalue weighted by Crippen LogP contribution is -2.12. The van der Waals surface area contributed by atoms with Crippen LogP contribution in [-0.4, -0.2) is 67.0 Å². The minimum absolute atomic E-state index is 0.0721. The number of nitro benzene ring substituents is 1. The van der Waals surface area contributed by atoms with Crippen molar-refractivity contribution in [2.24, 2.45) is 0 Å². The molecule has 0 amide bonds. The van der Waals surface area contributed by atoms with E-state index < -0.39 is 15.0 Å². The fourth-order valence-electron chi connectivity index (χ4n) is 3.55.